The van der Waals surface area contributed by atoms with Crippen LogP contribution in [0.1, 0.15) is 22.3 Å². The molecule has 0 spiro atoms. The summed E-state index contributed by atoms with van der Waals surface area (Å²) in [5, 5.41) is 0.683. The minimum Gasteiger partial charge on any atom is -0.382 e. The first kappa shape index (κ1) is 12.3. The zero-order valence-corrected chi connectivity index (χ0v) is 11.8. The van der Waals surface area contributed by atoms with Crippen molar-refractivity contribution in [2.75, 3.05) is 5.73 Å². The van der Waals surface area contributed by atoms with Gasteiger partial charge in [-0.3, -0.25) is 4.79 Å². The zero-order chi connectivity index (χ0) is 14.4. The number of aryl methyl sites for hydroxylation is 1. The van der Waals surface area contributed by atoms with Gasteiger partial charge in [0.25, 0.3) is 0 Å². The highest BCUT2D eigenvalue weighted by molar-refractivity contribution is 7.99. The van der Waals surface area contributed by atoms with Gasteiger partial charge in [-0.2, -0.15) is 0 Å². The van der Waals surface area contributed by atoms with E-state index in [1.165, 1.54) is 18.1 Å². The number of nitrogens with one attached hydrogen (secondary N) is 1. The fourth-order valence-corrected chi connectivity index (χ4v) is 3.29. The number of carbonyl (C=O) groups excluding carboxylic acids is 1. The van der Waals surface area contributed by atoms with Gasteiger partial charge in [-0.05, 0) is 24.1 Å². The first-order valence-electron chi connectivity index (χ1n) is 6.51. The molecule has 6 nitrogen and oxygen atoms in total. The third kappa shape index (κ3) is 2.06. The van der Waals surface area contributed by atoms with Crippen LogP contribution in [0.25, 0.3) is 11.2 Å². The third-order valence-electron chi connectivity index (χ3n) is 3.51. The number of hydrogen-bond acceptors (Lipinski definition) is 6. The molecule has 0 saturated carbocycles. The zero-order valence-electron chi connectivity index (χ0n) is 11.0. The lowest BCUT2D eigenvalue weighted by Crippen LogP contribution is -1.91. The molecule has 0 unspecified atom stereocenters. The predicted molar refractivity (Wildman–Crippen MR) is 79.3 cm³/mol. The van der Waals surface area contributed by atoms with Crippen molar-refractivity contribution in [1.82, 2.24) is 19.9 Å². The minimum absolute atomic E-state index is 0.215. The molecule has 21 heavy (non-hydrogen) atoms. The molecule has 0 radical (unpaired) electrons. The molecule has 0 aliphatic heterocycles. The average molecular weight is 297 g/mol. The highest BCUT2D eigenvalue weighted by Gasteiger charge is 2.20. The molecule has 0 bridgehead atoms. The van der Waals surface area contributed by atoms with E-state index in [1.54, 1.807) is 0 Å². The number of Topliss-reactive ketones (excluding diaryl/α,β-unsaturated/α-hetero) is 1. The van der Waals surface area contributed by atoms with Crippen molar-refractivity contribution >= 4 is 34.5 Å². The summed E-state index contributed by atoms with van der Waals surface area (Å²) in [5.74, 6) is 0.569. The van der Waals surface area contributed by atoms with E-state index in [9.17, 15) is 4.79 Å². The number of nitrogens with zero attached hydrogens (tertiary/aromatic N) is 3. The van der Waals surface area contributed by atoms with Crippen LogP contribution in [0.4, 0.5) is 5.82 Å². The average Bonchev–Trinajstić information content (AvgIpc) is 3.04. The summed E-state index contributed by atoms with van der Waals surface area (Å²) >= 11 is 1.45. The summed E-state index contributed by atoms with van der Waals surface area (Å²) in [6.07, 6.45) is 2.86. The van der Waals surface area contributed by atoms with Crippen molar-refractivity contribution in [3.05, 3.63) is 35.7 Å². The van der Waals surface area contributed by atoms with Gasteiger partial charge in [-0.1, -0.05) is 17.8 Å². The number of rotatable bonds is 2. The van der Waals surface area contributed by atoms with Crippen LogP contribution in [0.3, 0.4) is 0 Å². The van der Waals surface area contributed by atoms with Gasteiger partial charge in [-0.25, -0.2) is 15.0 Å². The van der Waals surface area contributed by atoms with Crippen LogP contribution in [0.2, 0.25) is 0 Å². The lowest BCUT2D eigenvalue weighted by atomic mass is 10.1. The summed E-state index contributed by atoms with van der Waals surface area (Å²) in [6.45, 7) is 0. The molecule has 2 aromatic heterocycles. The molecule has 3 aromatic rings. The van der Waals surface area contributed by atoms with E-state index in [1.807, 2.05) is 18.2 Å². The molecular formula is C14H11N5OS. The Morgan fingerprint density at radius 2 is 2.14 bits per heavy atom. The molecule has 0 saturated heterocycles. The largest absolute Gasteiger partial charge is 0.382 e. The number of carbonyl (C=O) groups is 1. The normalized spacial score (nSPS) is 13.8. The molecule has 0 amide bonds. The number of anilines is 1. The van der Waals surface area contributed by atoms with Gasteiger partial charge < -0.3 is 10.7 Å². The maximum atomic E-state index is 11.8. The van der Waals surface area contributed by atoms with Crippen LogP contribution in [-0.2, 0) is 6.42 Å². The number of fused-ring (bicyclic) bond motifs is 2. The first-order chi connectivity index (χ1) is 10.2. The molecule has 1 aromatic carbocycles. The third-order valence-corrected chi connectivity index (χ3v) is 4.38. The Morgan fingerprint density at radius 3 is 3.00 bits per heavy atom. The molecule has 7 heteroatoms. The van der Waals surface area contributed by atoms with Gasteiger partial charge in [0.05, 0.1) is 0 Å². The summed E-state index contributed by atoms with van der Waals surface area (Å²) in [5.41, 5.74) is 8.91. The van der Waals surface area contributed by atoms with E-state index < -0.39 is 0 Å². The van der Waals surface area contributed by atoms with Crippen molar-refractivity contribution in [1.29, 1.82) is 0 Å². The van der Waals surface area contributed by atoms with Crippen LogP contribution in [-0.4, -0.2) is 25.7 Å². The maximum Gasteiger partial charge on any atom is 0.172 e. The standard InChI is InChI=1S/C14H11N5OS/c15-12-11-13(17-6-16-12)19-14(18-11)21-8-3-1-7-2-4-10(20)9(7)5-8/h1,3,5-6H,2,4H2,(H3,15,16,17,18,19). The second kappa shape index (κ2) is 4.56. The summed E-state index contributed by atoms with van der Waals surface area (Å²) in [4.78, 5) is 28.3. The van der Waals surface area contributed by atoms with E-state index in [0.29, 0.717) is 28.6 Å². The maximum absolute atomic E-state index is 11.8. The molecular weight excluding hydrogens is 286 g/mol. The summed E-state index contributed by atoms with van der Waals surface area (Å²) in [6, 6.07) is 5.95. The summed E-state index contributed by atoms with van der Waals surface area (Å²) < 4.78 is 0. The summed E-state index contributed by atoms with van der Waals surface area (Å²) in [7, 11) is 0. The lowest BCUT2D eigenvalue weighted by Gasteiger charge is -2.01. The highest BCUT2D eigenvalue weighted by atomic mass is 32.2. The van der Waals surface area contributed by atoms with Gasteiger partial charge >= 0.3 is 0 Å². The molecule has 3 N–H and O–H groups in total. The SMILES string of the molecule is Nc1ncnc2[nH]c(Sc3ccc4c(c3)C(=O)CC4)nc12. The van der Waals surface area contributed by atoms with Crippen molar-refractivity contribution in [2.24, 2.45) is 0 Å². The van der Waals surface area contributed by atoms with E-state index in [2.05, 4.69) is 19.9 Å². The number of nitrogen functional groups attached to an aromatic ring is 1. The second-order valence-electron chi connectivity index (χ2n) is 4.84. The van der Waals surface area contributed by atoms with E-state index in [0.717, 1.165) is 22.4 Å². The number of aromatic amines is 1. The van der Waals surface area contributed by atoms with Crippen LogP contribution >= 0.6 is 11.8 Å². The van der Waals surface area contributed by atoms with E-state index >= 15 is 0 Å². The van der Waals surface area contributed by atoms with Crippen molar-refractivity contribution in [3.8, 4) is 0 Å². The fourth-order valence-electron chi connectivity index (χ4n) is 2.46. The smallest absolute Gasteiger partial charge is 0.172 e. The quantitative estimate of drug-likeness (QED) is 0.752. The van der Waals surface area contributed by atoms with Crippen LogP contribution in [0.5, 0.6) is 0 Å². The Labute approximate surface area is 124 Å². The molecule has 0 fully saturated rings. The van der Waals surface area contributed by atoms with Crippen LogP contribution in [0.15, 0.2) is 34.6 Å². The Bertz CT molecular complexity index is 873. The number of hydrogen-bond donors (Lipinski definition) is 2. The Balaban J connectivity index is 1.70. The molecule has 4 rings (SSSR count). The highest BCUT2D eigenvalue weighted by Crippen LogP contribution is 2.31. The molecule has 0 atom stereocenters. The number of benzene rings is 1. The van der Waals surface area contributed by atoms with Gasteiger partial charge in [-0.15, -0.1) is 0 Å². The van der Waals surface area contributed by atoms with Crippen LogP contribution in [0, 0.1) is 0 Å². The number of aromatic nitrogens is 4. The van der Waals surface area contributed by atoms with Crippen molar-refractivity contribution < 1.29 is 4.79 Å². The number of nitrogens with two attached hydrogens (primary N) is 1. The Morgan fingerprint density at radius 1 is 1.24 bits per heavy atom. The topological polar surface area (TPSA) is 97.5 Å². The molecule has 1 aliphatic carbocycles. The molecule has 104 valence electrons. The van der Waals surface area contributed by atoms with Crippen LogP contribution < -0.4 is 5.73 Å². The number of H-pyrrole nitrogens is 1. The lowest BCUT2D eigenvalue weighted by molar-refractivity contribution is 0.0994. The monoisotopic (exact) mass is 297 g/mol. The van der Waals surface area contributed by atoms with Crippen molar-refractivity contribution in [2.45, 2.75) is 22.9 Å². The van der Waals surface area contributed by atoms with Gasteiger partial charge in [0, 0.05) is 16.9 Å². The molecule has 2 heterocycles. The van der Waals surface area contributed by atoms with Gasteiger partial charge in [0.1, 0.15) is 6.33 Å². The Kier molecular flexibility index (Phi) is 2.68. The van der Waals surface area contributed by atoms with Gasteiger partial charge in [0.2, 0.25) is 0 Å². The predicted octanol–water partition coefficient (Wildman–Crippen LogP) is 2.22. The first-order valence-corrected chi connectivity index (χ1v) is 7.32. The second-order valence-corrected chi connectivity index (χ2v) is 5.90. The molecule has 1 aliphatic rings. The minimum atomic E-state index is 0.215. The number of imidazole rings is 1. The van der Waals surface area contributed by atoms with Crippen molar-refractivity contribution in [3.63, 3.8) is 0 Å². The van der Waals surface area contributed by atoms with E-state index in [-0.39, 0.29) is 5.78 Å². The number of ketones is 1. The van der Waals surface area contributed by atoms with E-state index in [4.69, 9.17) is 5.73 Å². The Hall–Kier alpha value is -2.41. The fraction of sp³-hybridized carbons (Fsp3) is 0.143. The van der Waals surface area contributed by atoms with Gasteiger partial charge in [0.15, 0.2) is 27.9 Å².